The summed E-state index contributed by atoms with van der Waals surface area (Å²) >= 11 is 1.31. The number of methoxy groups -OCH3 is 1. The molecule has 0 spiro atoms. The lowest BCUT2D eigenvalue weighted by Gasteiger charge is -2.41. The second-order valence-electron chi connectivity index (χ2n) is 6.65. The number of thiophene rings is 1. The van der Waals surface area contributed by atoms with Crippen LogP contribution in [0.1, 0.15) is 33.6 Å². The first kappa shape index (κ1) is 17.7. The number of rotatable bonds is 4. The van der Waals surface area contributed by atoms with Crippen molar-refractivity contribution in [2.45, 2.75) is 26.7 Å². The van der Waals surface area contributed by atoms with Gasteiger partial charge in [0, 0.05) is 4.88 Å². The first-order valence-corrected chi connectivity index (χ1v) is 9.07. The third kappa shape index (κ3) is 2.97. The van der Waals surface area contributed by atoms with E-state index >= 15 is 0 Å². The maximum atomic E-state index is 12.9. The average molecular weight is 363 g/mol. The maximum Gasteiger partial charge on any atom is 0.341 e. The SMILES string of the molecule is COC(=O)c1c(NC(=O)[C@@H]2[C@H](C(=O)O)[C@H]3C=C[C@H]2CC3)sc(C)c1C. The molecule has 3 aliphatic rings. The van der Waals surface area contributed by atoms with E-state index in [2.05, 4.69) is 5.32 Å². The number of aliphatic carboxylic acids is 1. The number of hydrogen-bond donors (Lipinski definition) is 2. The van der Waals surface area contributed by atoms with Gasteiger partial charge in [-0.2, -0.15) is 0 Å². The van der Waals surface area contributed by atoms with Crippen molar-refractivity contribution >= 4 is 34.2 Å². The minimum absolute atomic E-state index is 0.0742. The zero-order valence-corrected chi connectivity index (χ0v) is 15.2. The highest BCUT2D eigenvalue weighted by molar-refractivity contribution is 7.16. The van der Waals surface area contributed by atoms with Gasteiger partial charge in [0.05, 0.1) is 24.5 Å². The van der Waals surface area contributed by atoms with Gasteiger partial charge in [0.1, 0.15) is 5.00 Å². The molecule has 4 rings (SSSR count). The minimum atomic E-state index is -0.939. The van der Waals surface area contributed by atoms with Crippen molar-refractivity contribution in [3.63, 3.8) is 0 Å². The molecule has 0 unspecified atom stereocenters. The molecule has 0 aromatic carbocycles. The average Bonchev–Trinajstić information content (AvgIpc) is 2.88. The van der Waals surface area contributed by atoms with Crippen LogP contribution in [-0.4, -0.2) is 30.1 Å². The number of amides is 1. The Morgan fingerprint density at radius 3 is 2.28 bits per heavy atom. The van der Waals surface area contributed by atoms with E-state index in [9.17, 15) is 19.5 Å². The van der Waals surface area contributed by atoms with Crippen LogP contribution in [0, 0.1) is 37.5 Å². The molecule has 134 valence electrons. The van der Waals surface area contributed by atoms with Gasteiger partial charge in [-0.1, -0.05) is 12.2 Å². The molecular formula is C18H21NO5S. The van der Waals surface area contributed by atoms with Crippen molar-refractivity contribution in [1.29, 1.82) is 0 Å². The predicted molar refractivity (Wildman–Crippen MR) is 93.7 cm³/mol. The molecule has 7 heteroatoms. The molecule has 1 aromatic rings. The summed E-state index contributed by atoms with van der Waals surface area (Å²) in [5.74, 6) is -3.29. The first-order chi connectivity index (χ1) is 11.8. The molecule has 2 bridgehead atoms. The highest BCUT2D eigenvalue weighted by Gasteiger charge is 2.48. The van der Waals surface area contributed by atoms with E-state index in [1.165, 1.54) is 18.4 Å². The van der Waals surface area contributed by atoms with Crippen LogP contribution in [0.4, 0.5) is 5.00 Å². The fourth-order valence-electron chi connectivity index (χ4n) is 3.95. The lowest BCUT2D eigenvalue weighted by molar-refractivity contribution is -0.151. The molecule has 1 fully saturated rings. The van der Waals surface area contributed by atoms with Crippen molar-refractivity contribution in [1.82, 2.24) is 0 Å². The van der Waals surface area contributed by atoms with Crippen molar-refractivity contribution < 1.29 is 24.2 Å². The Kier molecular flexibility index (Phi) is 4.69. The van der Waals surface area contributed by atoms with Crippen molar-refractivity contribution in [2.24, 2.45) is 23.7 Å². The highest BCUT2D eigenvalue weighted by Crippen LogP contribution is 2.46. The van der Waals surface area contributed by atoms with E-state index < -0.39 is 23.8 Å². The van der Waals surface area contributed by atoms with Crippen molar-refractivity contribution in [2.75, 3.05) is 12.4 Å². The summed E-state index contributed by atoms with van der Waals surface area (Å²) in [7, 11) is 1.30. The van der Waals surface area contributed by atoms with Crippen LogP contribution >= 0.6 is 11.3 Å². The summed E-state index contributed by atoms with van der Waals surface area (Å²) < 4.78 is 4.82. The molecule has 2 N–H and O–H groups in total. The fourth-order valence-corrected chi connectivity index (χ4v) is 5.00. The monoisotopic (exact) mass is 363 g/mol. The molecule has 1 amide bonds. The number of carbonyl (C=O) groups excluding carboxylic acids is 2. The molecule has 1 heterocycles. The minimum Gasteiger partial charge on any atom is -0.481 e. The Morgan fingerprint density at radius 1 is 1.16 bits per heavy atom. The van der Waals surface area contributed by atoms with Gasteiger partial charge in [0.25, 0.3) is 0 Å². The number of esters is 1. The van der Waals surface area contributed by atoms with Gasteiger partial charge in [-0.15, -0.1) is 11.3 Å². The number of fused-ring (bicyclic) bond motifs is 2. The highest BCUT2D eigenvalue weighted by atomic mass is 32.1. The summed E-state index contributed by atoms with van der Waals surface area (Å²) in [6, 6.07) is 0. The third-order valence-corrected chi connectivity index (χ3v) is 6.47. The van der Waals surface area contributed by atoms with Crippen LogP contribution in [0.25, 0.3) is 0 Å². The Hall–Kier alpha value is -2.15. The fraction of sp³-hybridized carbons (Fsp3) is 0.500. The van der Waals surface area contributed by atoms with Crippen LogP contribution in [0.5, 0.6) is 0 Å². The number of nitrogens with one attached hydrogen (secondary N) is 1. The van der Waals surface area contributed by atoms with Crippen LogP contribution in [0.2, 0.25) is 0 Å². The number of aryl methyl sites for hydroxylation is 1. The standard InChI is InChI=1S/C18H21NO5S/c1-8-9(2)25-16(12(8)18(23)24-3)19-15(20)13-10-4-6-11(7-5-10)14(13)17(21)22/h4,6,10-11,13-14H,5,7H2,1-3H3,(H,19,20)(H,21,22)/t10-,11-,13-,14+/m0/s1. The van der Waals surface area contributed by atoms with Crippen LogP contribution in [0.15, 0.2) is 12.2 Å². The number of carboxylic acid groups (broad SMARTS) is 1. The molecule has 0 radical (unpaired) electrons. The van der Waals surface area contributed by atoms with Crippen LogP contribution < -0.4 is 5.32 Å². The van der Waals surface area contributed by atoms with E-state index in [-0.39, 0.29) is 17.7 Å². The van der Waals surface area contributed by atoms with E-state index in [0.717, 1.165) is 23.3 Å². The van der Waals surface area contributed by atoms with Crippen LogP contribution in [-0.2, 0) is 14.3 Å². The topological polar surface area (TPSA) is 92.7 Å². The third-order valence-electron chi connectivity index (χ3n) is 5.35. The normalized spacial score (nSPS) is 27.2. The zero-order valence-electron chi connectivity index (χ0n) is 14.4. The number of carbonyl (C=O) groups is 3. The second-order valence-corrected chi connectivity index (χ2v) is 7.87. The smallest absolute Gasteiger partial charge is 0.341 e. The summed E-state index contributed by atoms with van der Waals surface area (Å²) in [6.07, 6.45) is 5.50. The Bertz CT molecular complexity index is 766. The van der Waals surface area contributed by atoms with Gasteiger partial charge in [0.15, 0.2) is 0 Å². The molecule has 0 saturated heterocycles. The van der Waals surface area contributed by atoms with E-state index in [1.807, 2.05) is 19.1 Å². The number of anilines is 1. The van der Waals surface area contributed by atoms with Gasteiger partial charge in [-0.3, -0.25) is 9.59 Å². The Balaban J connectivity index is 1.90. The van der Waals surface area contributed by atoms with E-state index in [0.29, 0.717) is 10.6 Å². The molecule has 6 nitrogen and oxygen atoms in total. The van der Waals surface area contributed by atoms with Gasteiger partial charge in [-0.25, -0.2) is 4.79 Å². The maximum absolute atomic E-state index is 12.9. The van der Waals surface area contributed by atoms with Gasteiger partial charge in [-0.05, 0) is 44.1 Å². The quantitative estimate of drug-likeness (QED) is 0.634. The largest absolute Gasteiger partial charge is 0.481 e. The Labute approximate surface area is 149 Å². The molecule has 3 aliphatic carbocycles. The second kappa shape index (κ2) is 6.63. The lowest BCUT2D eigenvalue weighted by Crippen LogP contribution is -2.47. The summed E-state index contributed by atoms with van der Waals surface area (Å²) in [4.78, 5) is 37.6. The Morgan fingerprint density at radius 2 is 1.76 bits per heavy atom. The molecule has 25 heavy (non-hydrogen) atoms. The zero-order chi connectivity index (χ0) is 18.3. The molecule has 0 aliphatic heterocycles. The first-order valence-electron chi connectivity index (χ1n) is 8.25. The number of hydrogen-bond acceptors (Lipinski definition) is 5. The van der Waals surface area contributed by atoms with Gasteiger partial charge in [0.2, 0.25) is 5.91 Å². The van der Waals surface area contributed by atoms with Crippen molar-refractivity contribution in [3.05, 3.63) is 28.2 Å². The summed E-state index contributed by atoms with van der Waals surface area (Å²) in [6.45, 7) is 3.67. The van der Waals surface area contributed by atoms with E-state index in [1.54, 1.807) is 6.92 Å². The molecule has 4 atom stereocenters. The number of ether oxygens (including phenoxy) is 1. The van der Waals surface area contributed by atoms with Crippen molar-refractivity contribution in [3.8, 4) is 0 Å². The van der Waals surface area contributed by atoms with E-state index in [4.69, 9.17) is 4.74 Å². The molecule has 1 saturated carbocycles. The summed E-state index contributed by atoms with van der Waals surface area (Å²) in [5, 5.41) is 12.8. The lowest BCUT2D eigenvalue weighted by atomic mass is 9.62. The van der Waals surface area contributed by atoms with Gasteiger partial charge >= 0.3 is 11.9 Å². The molecular weight excluding hydrogens is 342 g/mol. The number of allylic oxidation sites excluding steroid dienone is 2. The van der Waals surface area contributed by atoms with Crippen LogP contribution in [0.3, 0.4) is 0 Å². The number of carboxylic acids is 1. The molecule has 1 aromatic heterocycles. The summed E-state index contributed by atoms with van der Waals surface area (Å²) in [5.41, 5.74) is 1.12. The predicted octanol–water partition coefficient (Wildman–Crippen LogP) is 3.00. The van der Waals surface area contributed by atoms with Gasteiger partial charge < -0.3 is 15.2 Å².